The minimum atomic E-state index is -1.45. The van der Waals surface area contributed by atoms with E-state index in [1.54, 1.807) is 39.0 Å². The Morgan fingerprint density at radius 1 is 1.22 bits per heavy atom. The maximum atomic E-state index is 11.7. The van der Waals surface area contributed by atoms with E-state index in [1.165, 1.54) is 13.0 Å². The van der Waals surface area contributed by atoms with Crippen molar-refractivity contribution in [3.05, 3.63) is 29.8 Å². The van der Waals surface area contributed by atoms with E-state index >= 15 is 0 Å². The van der Waals surface area contributed by atoms with Crippen molar-refractivity contribution in [2.24, 2.45) is 0 Å². The lowest BCUT2D eigenvalue weighted by Gasteiger charge is -2.26. The third kappa shape index (κ3) is 4.04. The molecule has 4 nitrogen and oxygen atoms in total. The smallest absolute Gasteiger partial charge is 0.309 e. The van der Waals surface area contributed by atoms with Crippen LogP contribution in [0.5, 0.6) is 5.75 Å². The zero-order chi connectivity index (χ0) is 14.0. The number of phenolic OH excluding ortho intramolecular Hbond substituents is 1. The number of ether oxygens (including phenoxy) is 1. The number of esters is 1. The zero-order valence-electron chi connectivity index (χ0n) is 11.2. The second-order valence-corrected chi connectivity index (χ2v) is 5.55. The molecule has 0 fully saturated rings. The van der Waals surface area contributed by atoms with Gasteiger partial charge >= 0.3 is 5.97 Å². The number of aromatic hydroxyl groups is 1. The lowest BCUT2D eigenvalue weighted by Crippen LogP contribution is -2.31. The fraction of sp³-hybridized carbons (Fsp3) is 0.500. The van der Waals surface area contributed by atoms with Crippen LogP contribution in [0.4, 0.5) is 0 Å². The van der Waals surface area contributed by atoms with Crippen LogP contribution >= 0.6 is 0 Å². The first-order valence-electron chi connectivity index (χ1n) is 5.84. The van der Waals surface area contributed by atoms with Crippen LogP contribution in [-0.4, -0.2) is 21.8 Å². The molecule has 1 aromatic rings. The Morgan fingerprint density at radius 2 is 1.78 bits per heavy atom. The third-order valence-corrected chi connectivity index (χ3v) is 2.39. The Kier molecular flexibility index (Phi) is 4.02. The van der Waals surface area contributed by atoms with Gasteiger partial charge in [0.15, 0.2) is 0 Å². The summed E-state index contributed by atoms with van der Waals surface area (Å²) >= 11 is 0. The van der Waals surface area contributed by atoms with E-state index in [0.717, 1.165) is 0 Å². The molecule has 2 N–H and O–H groups in total. The number of para-hydroxylation sites is 1. The maximum Gasteiger partial charge on any atom is 0.309 e. The van der Waals surface area contributed by atoms with Crippen molar-refractivity contribution in [1.29, 1.82) is 0 Å². The fourth-order valence-electron chi connectivity index (χ4n) is 1.68. The fourth-order valence-corrected chi connectivity index (χ4v) is 1.68. The van der Waals surface area contributed by atoms with Crippen molar-refractivity contribution in [3.8, 4) is 5.75 Å². The van der Waals surface area contributed by atoms with E-state index in [4.69, 9.17) is 4.74 Å². The van der Waals surface area contributed by atoms with Gasteiger partial charge in [0.2, 0.25) is 0 Å². The van der Waals surface area contributed by atoms with Gasteiger partial charge in [0.05, 0.1) is 6.42 Å². The molecule has 0 spiro atoms. The Balaban J connectivity index is 2.83. The molecule has 1 atom stereocenters. The molecular weight excluding hydrogens is 232 g/mol. The maximum absolute atomic E-state index is 11.7. The number of hydrogen-bond acceptors (Lipinski definition) is 4. The SMILES string of the molecule is CC(C)(C)OC(=O)C[C@@](C)(O)c1ccccc1O. The number of rotatable bonds is 3. The number of carbonyl (C=O) groups excluding carboxylic acids is 1. The minimum Gasteiger partial charge on any atom is -0.508 e. The second kappa shape index (κ2) is 4.98. The standard InChI is InChI=1S/C14H20O4/c1-13(2,3)18-12(16)9-14(4,17)10-7-5-6-8-11(10)15/h5-8,15,17H,9H2,1-4H3/t14-/m1/s1. The van der Waals surface area contributed by atoms with Crippen LogP contribution in [0.15, 0.2) is 24.3 Å². The van der Waals surface area contributed by atoms with Gasteiger partial charge in [0, 0.05) is 5.56 Å². The first kappa shape index (κ1) is 14.5. The number of carbonyl (C=O) groups is 1. The molecule has 1 aromatic carbocycles. The summed E-state index contributed by atoms with van der Waals surface area (Å²) in [7, 11) is 0. The Hall–Kier alpha value is -1.55. The van der Waals surface area contributed by atoms with Gasteiger partial charge in [-0.2, -0.15) is 0 Å². The molecular formula is C14H20O4. The third-order valence-electron chi connectivity index (χ3n) is 2.39. The average Bonchev–Trinajstić information content (AvgIpc) is 2.13. The summed E-state index contributed by atoms with van der Waals surface area (Å²) in [6.45, 7) is 6.77. The summed E-state index contributed by atoms with van der Waals surface area (Å²) in [5, 5.41) is 20.0. The first-order valence-corrected chi connectivity index (χ1v) is 5.84. The summed E-state index contributed by atoms with van der Waals surface area (Å²) in [6.07, 6.45) is -0.207. The summed E-state index contributed by atoms with van der Waals surface area (Å²) in [6, 6.07) is 6.40. The van der Waals surface area contributed by atoms with Crippen LogP contribution in [0.2, 0.25) is 0 Å². The molecule has 0 saturated carbocycles. The predicted molar refractivity (Wildman–Crippen MR) is 68.1 cm³/mol. The highest BCUT2D eigenvalue weighted by Gasteiger charge is 2.31. The molecule has 1 rings (SSSR count). The van der Waals surface area contributed by atoms with Crippen LogP contribution in [0.3, 0.4) is 0 Å². The molecule has 0 bridgehead atoms. The van der Waals surface area contributed by atoms with Gasteiger partial charge < -0.3 is 14.9 Å². The van der Waals surface area contributed by atoms with Crippen molar-refractivity contribution in [3.63, 3.8) is 0 Å². The molecule has 0 saturated heterocycles. The topological polar surface area (TPSA) is 66.8 Å². The molecule has 0 aliphatic heterocycles. The van der Waals surface area contributed by atoms with Crippen molar-refractivity contribution in [1.82, 2.24) is 0 Å². The van der Waals surface area contributed by atoms with E-state index in [1.807, 2.05) is 0 Å². The minimum absolute atomic E-state index is 0.0361. The van der Waals surface area contributed by atoms with Crippen molar-refractivity contribution < 1.29 is 19.7 Å². The molecule has 0 unspecified atom stereocenters. The summed E-state index contributed by atoms with van der Waals surface area (Å²) in [4.78, 5) is 11.7. The lowest BCUT2D eigenvalue weighted by atomic mass is 9.92. The monoisotopic (exact) mass is 252 g/mol. The molecule has 100 valence electrons. The highest BCUT2D eigenvalue weighted by molar-refractivity contribution is 5.71. The van der Waals surface area contributed by atoms with Crippen LogP contribution in [0.25, 0.3) is 0 Å². The van der Waals surface area contributed by atoms with Gasteiger partial charge in [-0.25, -0.2) is 0 Å². The average molecular weight is 252 g/mol. The van der Waals surface area contributed by atoms with E-state index in [-0.39, 0.29) is 12.2 Å². The molecule has 0 amide bonds. The molecule has 0 radical (unpaired) electrons. The van der Waals surface area contributed by atoms with E-state index < -0.39 is 17.2 Å². The van der Waals surface area contributed by atoms with Gasteiger partial charge in [0.1, 0.15) is 17.0 Å². The largest absolute Gasteiger partial charge is 0.508 e. The van der Waals surface area contributed by atoms with Gasteiger partial charge in [0.25, 0.3) is 0 Å². The van der Waals surface area contributed by atoms with Gasteiger partial charge in [-0.1, -0.05) is 18.2 Å². The summed E-state index contributed by atoms with van der Waals surface area (Å²) < 4.78 is 5.15. The van der Waals surface area contributed by atoms with E-state index in [0.29, 0.717) is 5.56 Å². The van der Waals surface area contributed by atoms with E-state index in [9.17, 15) is 15.0 Å². The van der Waals surface area contributed by atoms with Gasteiger partial charge in [-0.3, -0.25) is 4.79 Å². The second-order valence-electron chi connectivity index (χ2n) is 5.55. The molecule has 4 heteroatoms. The van der Waals surface area contributed by atoms with E-state index in [2.05, 4.69) is 0 Å². The molecule has 0 aliphatic carbocycles. The lowest BCUT2D eigenvalue weighted by molar-refractivity contribution is -0.160. The number of phenols is 1. The highest BCUT2D eigenvalue weighted by atomic mass is 16.6. The zero-order valence-corrected chi connectivity index (χ0v) is 11.2. The summed E-state index contributed by atoms with van der Waals surface area (Å²) in [5.74, 6) is -0.540. The molecule has 0 aliphatic rings. The predicted octanol–water partition coefficient (Wildman–Crippen LogP) is 2.33. The van der Waals surface area contributed by atoms with Crippen LogP contribution in [0.1, 0.15) is 39.7 Å². The Labute approximate surface area is 107 Å². The quantitative estimate of drug-likeness (QED) is 0.810. The van der Waals surface area contributed by atoms with Crippen molar-refractivity contribution in [2.75, 3.05) is 0 Å². The molecule has 0 heterocycles. The van der Waals surface area contributed by atoms with Crippen LogP contribution in [0, 0.1) is 0 Å². The molecule has 18 heavy (non-hydrogen) atoms. The molecule has 0 aromatic heterocycles. The highest BCUT2D eigenvalue weighted by Crippen LogP contribution is 2.32. The number of hydrogen-bond donors (Lipinski definition) is 2. The van der Waals surface area contributed by atoms with Crippen LogP contribution in [-0.2, 0) is 15.1 Å². The Bertz CT molecular complexity index is 430. The van der Waals surface area contributed by atoms with Gasteiger partial charge in [-0.05, 0) is 33.8 Å². The van der Waals surface area contributed by atoms with Crippen molar-refractivity contribution >= 4 is 5.97 Å². The van der Waals surface area contributed by atoms with Gasteiger partial charge in [-0.15, -0.1) is 0 Å². The first-order chi connectivity index (χ1) is 8.12. The summed E-state index contributed by atoms with van der Waals surface area (Å²) in [5.41, 5.74) is -1.73. The van der Waals surface area contributed by atoms with Crippen molar-refractivity contribution in [2.45, 2.75) is 45.3 Å². The Morgan fingerprint density at radius 3 is 2.28 bits per heavy atom. The van der Waals surface area contributed by atoms with Crippen LogP contribution < -0.4 is 0 Å². The number of aliphatic hydroxyl groups is 1. The number of benzene rings is 1. The normalized spacial score (nSPS) is 14.9.